The van der Waals surface area contributed by atoms with E-state index in [4.69, 9.17) is 4.74 Å². The van der Waals surface area contributed by atoms with Crippen LogP contribution in [0.3, 0.4) is 0 Å². The molecule has 24 heavy (non-hydrogen) atoms. The zero-order valence-electron chi connectivity index (χ0n) is 13.2. The van der Waals surface area contributed by atoms with Crippen LogP contribution in [-0.4, -0.2) is 34.8 Å². The van der Waals surface area contributed by atoms with Crippen molar-refractivity contribution in [2.24, 2.45) is 0 Å². The molecular formula is C15H15N3O6. The van der Waals surface area contributed by atoms with Gasteiger partial charge in [-0.3, -0.25) is 19.8 Å². The van der Waals surface area contributed by atoms with Crippen LogP contribution < -0.4 is 5.32 Å². The molecule has 1 aromatic carbocycles. The summed E-state index contributed by atoms with van der Waals surface area (Å²) in [6.45, 7) is 2.66. The van der Waals surface area contributed by atoms with Gasteiger partial charge in [0.05, 0.1) is 17.6 Å². The summed E-state index contributed by atoms with van der Waals surface area (Å²) in [6.07, 6.45) is 0. The minimum absolute atomic E-state index is 0.0350. The Balaban J connectivity index is 2.69. The number of carbonyl (C=O) groups is 3. The van der Waals surface area contributed by atoms with Crippen molar-refractivity contribution in [3.8, 4) is 0 Å². The van der Waals surface area contributed by atoms with Gasteiger partial charge in [-0.25, -0.2) is 9.59 Å². The van der Waals surface area contributed by atoms with Gasteiger partial charge in [0.1, 0.15) is 6.04 Å². The quantitative estimate of drug-likeness (QED) is 0.510. The maximum atomic E-state index is 12.2. The van der Waals surface area contributed by atoms with Crippen molar-refractivity contribution in [1.29, 1.82) is 0 Å². The molecule has 1 heterocycles. The van der Waals surface area contributed by atoms with E-state index in [1.807, 2.05) is 0 Å². The molecule has 0 fully saturated rings. The standard InChI is InChI=1S/C15H15N3O6/c1-8-12(14(20)24-3)13(17(9(2)19)15(21)16-8)10-5-4-6-11(7-10)18(22)23/h4-7,13H,1-3H3,(H,16,21). The lowest BCUT2D eigenvalue weighted by molar-refractivity contribution is -0.384. The van der Waals surface area contributed by atoms with Crippen LogP contribution in [0.2, 0.25) is 0 Å². The Kier molecular flexibility index (Phi) is 4.63. The summed E-state index contributed by atoms with van der Waals surface area (Å²) in [6, 6.07) is 3.59. The van der Waals surface area contributed by atoms with E-state index in [2.05, 4.69) is 5.32 Å². The normalized spacial score (nSPS) is 17.4. The van der Waals surface area contributed by atoms with E-state index in [1.165, 1.54) is 45.2 Å². The Hall–Kier alpha value is -3.23. The van der Waals surface area contributed by atoms with Crippen molar-refractivity contribution < 1.29 is 24.0 Å². The number of nitro benzene ring substituents is 1. The Labute approximate surface area is 137 Å². The molecule has 3 amide bonds. The van der Waals surface area contributed by atoms with E-state index < -0.39 is 28.9 Å². The van der Waals surface area contributed by atoms with E-state index in [0.717, 1.165) is 4.90 Å². The maximum Gasteiger partial charge on any atom is 0.337 e. The number of urea groups is 1. The molecular weight excluding hydrogens is 318 g/mol. The number of nitro groups is 1. The SMILES string of the molecule is COC(=O)C1=C(C)NC(=O)N(C(C)=O)C1c1cccc([N+](=O)[O-])c1. The van der Waals surface area contributed by atoms with Crippen LogP contribution in [0.1, 0.15) is 25.5 Å². The minimum Gasteiger partial charge on any atom is -0.466 e. The van der Waals surface area contributed by atoms with E-state index in [9.17, 15) is 24.5 Å². The predicted octanol–water partition coefficient (Wildman–Crippen LogP) is 1.65. The molecule has 0 saturated heterocycles. The van der Waals surface area contributed by atoms with Crippen molar-refractivity contribution in [2.75, 3.05) is 7.11 Å². The van der Waals surface area contributed by atoms with Crippen molar-refractivity contribution in [3.63, 3.8) is 0 Å². The molecule has 0 aliphatic carbocycles. The Bertz CT molecular complexity index is 770. The maximum absolute atomic E-state index is 12.2. The van der Waals surface area contributed by atoms with Crippen molar-refractivity contribution >= 4 is 23.6 Å². The average Bonchev–Trinajstić information content (AvgIpc) is 2.53. The number of nitrogens with one attached hydrogen (secondary N) is 1. The topological polar surface area (TPSA) is 119 Å². The third-order valence-corrected chi connectivity index (χ3v) is 3.59. The van der Waals surface area contributed by atoms with Gasteiger partial charge in [-0.1, -0.05) is 12.1 Å². The largest absolute Gasteiger partial charge is 0.466 e. The van der Waals surface area contributed by atoms with E-state index in [-0.39, 0.29) is 22.5 Å². The molecule has 1 aromatic rings. The first-order valence-corrected chi connectivity index (χ1v) is 6.92. The fraction of sp³-hybridized carbons (Fsp3) is 0.267. The van der Waals surface area contributed by atoms with Crippen molar-refractivity contribution in [1.82, 2.24) is 10.2 Å². The van der Waals surface area contributed by atoms with Crippen LogP contribution in [0.25, 0.3) is 0 Å². The first-order valence-electron chi connectivity index (χ1n) is 6.92. The summed E-state index contributed by atoms with van der Waals surface area (Å²) in [4.78, 5) is 47.5. The molecule has 0 aromatic heterocycles. The molecule has 0 radical (unpaired) electrons. The van der Waals surface area contributed by atoms with Crippen LogP contribution in [0.4, 0.5) is 10.5 Å². The van der Waals surface area contributed by atoms with Gasteiger partial charge in [-0.05, 0) is 12.5 Å². The lowest BCUT2D eigenvalue weighted by Gasteiger charge is -2.35. The number of nitrogens with zero attached hydrogens (tertiary/aromatic N) is 2. The highest BCUT2D eigenvalue weighted by molar-refractivity contribution is 6.01. The van der Waals surface area contributed by atoms with Crippen molar-refractivity contribution in [3.05, 3.63) is 51.2 Å². The first kappa shape index (κ1) is 17.1. The molecule has 2 rings (SSSR count). The predicted molar refractivity (Wildman–Crippen MR) is 81.6 cm³/mol. The number of hydrogen-bond donors (Lipinski definition) is 1. The number of methoxy groups -OCH3 is 1. The van der Waals surface area contributed by atoms with Crippen LogP contribution in [0, 0.1) is 10.1 Å². The summed E-state index contributed by atoms with van der Waals surface area (Å²) in [5.74, 6) is -1.35. The van der Waals surface area contributed by atoms with Gasteiger partial charge in [-0.15, -0.1) is 0 Å². The number of imide groups is 1. The Morgan fingerprint density at radius 1 is 1.38 bits per heavy atom. The molecule has 1 atom stereocenters. The Morgan fingerprint density at radius 2 is 2.04 bits per heavy atom. The molecule has 1 N–H and O–H groups in total. The highest BCUT2D eigenvalue weighted by atomic mass is 16.6. The summed E-state index contributed by atoms with van der Waals surface area (Å²) in [7, 11) is 1.17. The third-order valence-electron chi connectivity index (χ3n) is 3.59. The van der Waals surface area contributed by atoms with E-state index in [1.54, 1.807) is 0 Å². The number of esters is 1. The van der Waals surface area contributed by atoms with Gasteiger partial charge >= 0.3 is 12.0 Å². The number of amides is 3. The summed E-state index contributed by atoms with van der Waals surface area (Å²) < 4.78 is 4.73. The van der Waals surface area contributed by atoms with Crippen LogP contribution >= 0.6 is 0 Å². The molecule has 126 valence electrons. The number of rotatable bonds is 3. The van der Waals surface area contributed by atoms with E-state index >= 15 is 0 Å². The van der Waals surface area contributed by atoms with Gasteiger partial charge in [0.15, 0.2) is 0 Å². The monoisotopic (exact) mass is 333 g/mol. The second-order valence-electron chi connectivity index (χ2n) is 5.10. The second kappa shape index (κ2) is 6.49. The molecule has 0 saturated carbocycles. The number of carbonyl (C=O) groups excluding carboxylic acids is 3. The number of allylic oxidation sites excluding steroid dienone is 1. The van der Waals surface area contributed by atoms with Gasteiger partial charge in [0.25, 0.3) is 5.69 Å². The summed E-state index contributed by atoms with van der Waals surface area (Å²) >= 11 is 0. The van der Waals surface area contributed by atoms with Gasteiger partial charge in [0.2, 0.25) is 5.91 Å². The number of hydrogen-bond acceptors (Lipinski definition) is 6. The zero-order chi connectivity index (χ0) is 18.0. The molecule has 0 spiro atoms. The Morgan fingerprint density at radius 3 is 2.58 bits per heavy atom. The van der Waals surface area contributed by atoms with Gasteiger partial charge < -0.3 is 10.1 Å². The molecule has 9 heteroatoms. The fourth-order valence-electron chi connectivity index (χ4n) is 2.56. The zero-order valence-corrected chi connectivity index (χ0v) is 13.2. The fourth-order valence-corrected chi connectivity index (χ4v) is 2.56. The molecule has 1 aliphatic rings. The van der Waals surface area contributed by atoms with E-state index in [0.29, 0.717) is 0 Å². The lowest BCUT2D eigenvalue weighted by atomic mass is 9.93. The second-order valence-corrected chi connectivity index (χ2v) is 5.10. The van der Waals surface area contributed by atoms with Crippen LogP contribution in [-0.2, 0) is 14.3 Å². The molecule has 1 aliphatic heterocycles. The van der Waals surface area contributed by atoms with Crippen LogP contribution in [0.15, 0.2) is 35.5 Å². The lowest BCUT2D eigenvalue weighted by Crippen LogP contribution is -2.50. The molecule has 9 nitrogen and oxygen atoms in total. The third kappa shape index (κ3) is 2.96. The minimum atomic E-state index is -1.11. The van der Waals surface area contributed by atoms with Crippen molar-refractivity contribution in [2.45, 2.75) is 19.9 Å². The van der Waals surface area contributed by atoms with Gasteiger partial charge in [-0.2, -0.15) is 0 Å². The molecule has 1 unspecified atom stereocenters. The number of benzene rings is 1. The first-order chi connectivity index (χ1) is 11.3. The molecule has 0 bridgehead atoms. The number of ether oxygens (including phenoxy) is 1. The van der Waals surface area contributed by atoms with Gasteiger partial charge in [0, 0.05) is 24.8 Å². The summed E-state index contributed by atoms with van der Waals surface area (Å²) in [5, 5.41) is 13.4. The van der Waals surface area contributed by atoms with Crippen LogP contribution in [0.5, 0.6) is 0 Å². The number of non-ortho nitro benzene ring substituents is 1. The summed E-state index contributed by atoms with van der Waals surface area (Å²) in [5.41, 5.74) is 0.298. The highest BCUT2D eigenvalue weighted by Crippen LogP contribution is 2.35. The average molecular weight is 333 g/mol. The highest BCUT2D eigenvalue weighted by Gasteiger charge is 2.40. The smallest absolute Gasteiger partial charge is 0.337 e.